The van der Waals surface area contributed by atoms with Gasteiger partial charge in [-0.05, 0) is 0 Å². The number of fused-ring (bicyclic) bond motifs is 1. The molecule has 15 heteroatoms. The Morgan fingerprint density at radius 2 is 1.68 bits per heavy atom. The first-order valence-corrected chi connectivity index (χ1v) is 10.8. The molecule has 184 valence electrons. The van der Waals surface area contributed by atoms with Gasteiger partial charge in [0.2, 0.25) is 11.9 Å². The van der Waals surface area contributed by atoms with Crippen LogP contribution in [0.4, 0.5) is 11.8 Å². The van der Waals surface area contributed by atoms with Crippen molar-refractivity contribution < 1.29 is 38.1 Å². The summed E-state index contributed by atoms with van der Waals surface area (Å²) in [6.07, 6.45) is -4.80. The fourth-order valence-corrected chi connectivity index (χ4v) is 4.37. The number of hydrogen-bond acceptors (Lipinski definition) is 13. The minimum absolute atomic E-state index is 0.0778. The predicted molar refractivity (Wildman–Crippen MR) is 117 cm³/mol. The zero-order valence-corrected chi connectivity index (χ0v) is 19.8. The van der Waals surface area contributed by atoms with Gasteiger partial charge in [0.25, 0.3) is 0 Å². The molecule has 0 saturated carbocycles. The molecule has 1 amide bonds. The van der Waals surface area contributed by atoms with E-state index in [2.05, 4.69) is 20.6 Å². The van der Waals surface area contributed by atoms with Gasteiger partial charge in [0.15, 0.2) is 29.9 Å². The maximum atomic E-state index is 13.0. The van der Waals surface area contributed by atoms with Crippen LogP contribution < -0.4 is 15.5 Å². The van der Waals surface area contributed by atoms with Gasteiger partial charge < -0.3 is 24.3 Å². The number of anilines is 2. The van der Waals surface area contributed by atoms with Crippen LogP contribution in [0.3, 0.4) is 0 Å². The van der Waals surface area contributed by atoms with Crippen LogP contribution in [0.1, 0.15) is 33.9 Å². The molecule has 0 aliphatic carbocycles. The quantitative estimate of drug-likeness (QED) is 0.392. The van der Waals surface area contributed by atoms with Crippen LogP contribution in [0.25, 0.3) is 10.3 Å². The summed E-state index contributed by atoms with van der Waals surface area (Å²) < 4.78 is 23.1. The first-order chi connectivity index (χ1) is 16.0. The third-order valence-electron chi connectivity index (χ3n) is 4.58. The van der Waals surface area contributed by atoms with Gasteiger partial charge in [-0.25, -0.2) is 0 Å². The van der Waals surface area contributed by atoms with Gasteiger partial charge in [0, 0.05) is 34.7 Å². The van der Waals surface area contributed by atoms with E-state index in [1.807, 2.05) is 0 Å². The van der Waals surface area contributed by atoms with Crippen LogP contribution in [0.2, 0.25) is 0 Å². The molecule has 2 aromatic rings. The molecule has 3 heterocycles. The van der Waals surface area contributed by atoms with Crippen molar-refractivity contribution in [2.45, 2.75) is 52.2 Å². The number of carbonyl (C=O) groups is 4. The molecule has 0 aromatic carbocycles. The van der Waals surface area contributed by atoms with E-state index in [1.54, 1.807) is 7.05 Å². The molecule has 2 aromatic heterocycles. The third-order valence-corrected chi connectivity index (χ3v) is 5.53. The normalized spacial score (nSPS) is 21.7. The molecule has 2 N–H and O–H groups in total. The monoisotopic (exact) mass is 497 g/mol. The SMILES string of the molecule is CNc1nc(NC(C)=O)nc2c1sc(=O)n2[C@@H]1O[C@H](COC(C)=O)[C@@H](OC(C)=O)[C@H]1OC(C)=O. The number of esters is 3. The molecule has 1 aliphatic rings. The Hall–Kier alpha value is -3.59. The van der Waals surface area contributed by atoms with Crippen LogP contribution in [0.15, 0.2) is 4.79 Å². The molecule has 1 saturated heterocycles. The maximum Gasteiger partial charge on any atom is 0.311 e. The number of aromatic nitrogens is 3. The largest absolute Gasteiger partial charge is 0.463 e. The highest BCUT2D eigenvalue weighted by Gasteiger charge is 2.51. The number of nitrogens with one attached hydrogen (secondary N) is 2. The molecule has 34 heavy (non-hydrogen) atoms. The van der Waals surface area contributed by atoms with Crippen molar-refractivity contribution in [3.05, 3.63) is 9.67 Å². The molecule has 4 atom stereocenters. The highest BCUT2D eigenvalue weighted by molar-refractivity contribution is 7.17. The highest BCUT2D eigenvalue weighted by atomic mass is 32.1. The number of hydrogen-bond donors (Lipinski definition) is 2. The van der Waals surface area contributed by atoms with E-state index in [-0.39, 0.29) is 24.0 Å². The predicted octanol–water partition coefficient (Wildman–Crippen LogP) is 0.177. The minimum Gasteiger partial charge on any atom is -0.463 e. The summed E-state index contributed by atoms with van der Waals surface area (Å²) in [5.41, 5.74) is 0.0787. The zero-order chi connectivity index (χ0) is 25.2. The van der Waals surface area contributed by atoms with E-state index in [0.29, 0.717) is 4.70 Å². The van der Waals surface area contributed by atoms with Crippen LogP contribution in [-0.2, 0) is 38.1 Å². The Labute approximate surface area is 196 Å². The average molecular weight is 497 g/mol. The van der Waals surface area contributed by atoms with Gasteiger partial charge in [-0.15, -0.1) is 0 Å². The number of amides is 1. The van der Waals surface area contributed by atoms with Crippen molar-refractivity contribution in [3.8, 4) is 0 Å². The van der Waals surface area contributed by atoms with Crippen molar-refractivity contribution in [3.63, 3.8) is 0 Å². The van der Waals surface area contributed by atoms with E-state index >= 15 is 0 Å². The summed E-state index contributed by atoms with van der Waals surface area (Å²) in [5, 5.41) is 5.29. The van der Waals surface area contributed by atoms with Gasteiger partial charge in [0.1, 0.15) is 17.4 Å². The first kappa shape index (κ1) is 25.0. The number of nitrogens with zero attached hydrogens (tertiary/aromatic N) is 3. The second-order valence-electron chi connectivity index (χ2n) is 7.23. The standard InChI is InChI=1S/C19H23N5O9S/c1-7(25)21-18-22-15(20-5)14-16(23-18)24(19(29)34-14)17-13(32-10(4)28)12(31-9(3)27)11(33-17)6-30-8(2)26/h11-13,17H,6H2,1-5H3,(H2,20,21,22,23,25)/t11-,12-,13-,17-/m1/s1. The molecule has 0 bridgehead atoms. The smallest absolute Gasteiger partial charge is 0.311 e. The second kappa shape index (κ2) is 10.1. The van der Waals surface area contributed by atoms with Crippen molar-refractivity contribution in [1.29, 1.82) is 0 Å². The van der Waals surface area contributed by atoms with E-state index < -0.39 is 53.2 Å². The Bertz CT molecular complexity index is 1190. The van der Waals surface area contributed by atoms with Gasteiger partial charge in [-0.2, -0.15) is 9.97 Å². The molecule has 1 fully saturated rings. The van der Waals surface area contributed by atoms with Gasteiger partial charge >= 0.3 is 22.8 Å². The second-order valence-corrected chi connectivity index (χ2v) is 8.20. The van der Waals surface area contributed by atoms with Crippen LogP contribution in [0, 0.1) is 0 Å². The fourth-order valence-electron chi connectivity index (χ4n) is 3.43. The van der Waals surface area contributed by atoms with E-state index in [4.69, 9.17) is 18.9 Å². The lowest BCUT2D eigenvalue weighted by Crippen LogP contribution is -2.41. The topological polar surface area (TPSA) is 177 Å². The van der Waals surface area contributed by atoms with Crippen LogP contribution in [0.5, 0.6) is 0 Å². The summed E-state index contributed by atoms with van der Waals surface area (Å²) in [6, 6.07) is 0. The highest BCUT2D eigenvalue weighted by Crippen LogP contribution is 2.37. The Morgan fingerprint density at radius 3 is 2.24 bits per heavy atom. The van der Waals surface area contributed by atoms with Crippen molar-refractivity contribution >= 4 is 57.3 Å². The van der Waals surface area contributed by atoms with Gasteiger partial charge in [-0.1, -0.05) is 11.3 Å². The Kier molecular flexibility index (Phi) is 7.46. The first-order valence-electron chi connectivity index (χ1n) is 10.0. The van der Waals surface area contributed by atoms with Gasteiger partial charge in [-0.3, -0.25) is 33.9 Å². The lowest BCUT2D eigenvalue weighted by molar-refractivity contribution is -0.166. The summed E-state index contributed by atoms with van der Waals surface area (Å²) >= 11 is 0.794. The zero-order valence-electron chi connectivity index (χ0n) is 18.9. The summed E-state index contributed by atoms with van der Waals surface area (Å²) in [4.78, 5) is 67.4. The summed E-state index contributed by atoms with van der Waals surface area (Å²) in [7, 11) is 1.58. The Balaban J connectivity index is 2.16. The van der Waals surface area contributed by atoms with E-state index in [1.165, 1.54) is 13.8 Å². The molecule has 3 rings (SSSR count). The lowest BCUT2D eigenvalue weighted by Gasteiger charge is -2.23. The summed E-state index contributed by atoms with van der Waals surface area (Å²) in [5.74, 6) is -2.27. The van der Waals surface area contributed by atoms with E-state index in [9.17, 15) is 24.0 Å². The molecule has 1 aliphatic heterocycles. The fraction of sp³-hybridized carbons (Fsp3) is 0.526. The van der Waals surface area contributed by atoms with E-state index in [0.717, 1.165) is 29.8 Å². The summed E-state index contributed by atoms with van der Waals surface area (Å²) in [6.45, 7) is 4.43. The number of ether oxygens (including phenoxy) is 4. The third kappa shape index (κ3) is 5.31. The van der Waals surface area contributed by atoms with Crippen molar-refractivity contribution in [2.75, 3.05) is 24.3 Å². The van der Waals surface area contributed by atoms with Crippen LogP contribution >= 0.6 is 11.3 Å². The molecular weight excluding hydrogens is 474 g/mol. The molecular formula is C19H23N5O9S. The number of thiazole rings is 1. The molecule has 0 radical (unpaired) electrons. The van der Waals surface area contributed by atoms with Crippen LogP contribution in [-0.4, -0.2) is 70.3 Å². The average Bonchev–Trinajstić information content (AvgIpc) is 3.21. The number of carbonyl (C=O) groups excluding carboxylic acids is 4. The molecule has 14 nitrogen and oxygen atoms in total. The minimum atomic E-state index is -1.29. The van der Waals surface area contributed by atoms with Gasteiger partial charge in [0.05, 0.1) is 0 Å². The van der Waals surface area contributed by atoms with Crippen molar-refractivity contribution in [1.82, 2.24) is 14.5 Å². The molecule has 0 spiro atoms. The molecule has 0 unspecified atom stereocenters. The van der Waals surface area contributed by atoms with Crippen molar-refractivity contribution in [2.24, 2.45) is 0 Å². The maximum absolute atomic E-state index is 13.0. The Morgan fingerprint density at radius 1 is 1.03 bits per heavy atom. The number of rotatable bonds is 7. The lowest BCUT2D eigenvalue weighted by atomic mass is 10.1.